The van der Waals surface area contributed by atoms with Crippen molar-refractivity contribution in [3.63, 3.8) is 0 Å². The molecule has 2 aromatic rings. The van der Waals surface area contributed by atoms with Gasteiger partial charge in [-0.05, 0) is 0 Å². The number of H-pyrrole nitrogens is 2. The quantitative estimate of drug-likeness (QED) is 0.285. The number of hydrogen-bond donors (Lipinski definition) is 6. The van der Waals surface area contributed by atoms with Crippen LogP contribution < -0.4 is 10.6 Å². The molecule has 130 valence electrons. The van der Waals surface area contributed by atoms with Crippen molar-refractivity contribution in [2.45, 2.75) is 24.9 Å². The van der Waals surface area contributed by atoms with Gasteiger partial charge in [-0.2, -0.15) is 0 Å². The summed E-state index contributed by atoms with van der Waals surface area (Å²) in [4.78, 5) is 35.9. The summed E-state index contributed by atoms with van der Waals surface area (Å²) in [5, 5.41) is 24.2. The molecule has 10 nitrogen and oxygen atoms in total. The largest absolute Gasteiger partial charge is 0.480 e. The Labute approximate surface area is 137 Å². The van der Waals surface area contributed by atoms with Crippen molar-refractivity contribution < 1.29 is 19.8 Å². The van der Waals surface area contributed by atoms with Gasteiger partial charge in [0, 0.05) is 49.7 Å². The molecule has 0 aliphatic heterocycles. The fourth-order valence-electron chi connectivity index (χ4n) is 2.22. The Morgan fingerprint density at radius 1 is 0.917 bits per heavy atom. The molecule has 0 amide bonds. The van der Waals surface area contributed by atoms with Crippen LogP contribution in [0.15, 0.2) is 25.0 Å². The maximum atomic E-state index is 11.3. The Morgan fingerprint density at radius 3 is 1.62 bits per heavy atom. The van der Waals surface area contributed by atoms with Crippen LogP contribution in [-0.4, -0.2) is 67.3 Å². The molecule has 0 radical (unpaired) electrons. The molecule has 2 atom stereocenters. The third kappa shape index (κ3) is 5.48. The maximum Gasteiger partial charge on any atom is 0.321 e. The summed E-state index contributed by atoms with van der Waals surface area (Å²) >= 11 is 0. The first kappa shape index (κ1) is 17.6. The molecule has 24 heavy (non-hydrogen) atoms. The minimum absolute atomic E-state index is 0.270. The highest BCUT2D eigenvalue weighted by atomic mass is 16.4. The van der Waals surface area contributed by atoms with Crippen LogP contribution in [-0.2, 0) is 22.4 Å². The highest BCUT2D eigenvalue weighted by Gasteiger charge is 2.20. The third-order valence-electron chi connectivity index (χ3n) is 3.46. The van der Waals surface area contributed by atoms with E-state index in [1.807, 2.05) is 0 Å². The van der Waals surface area contributed by atoms with Gasteiger partial charge in [0.15, 0.2) is 0 Å². The van der Waals surface area contributed by atoms with Crippen molar-refractivity contribution in [3.05, 3.63) is 36.4 Å². The van der Waals surface area contributed by atoms with Gasteiger partial charge in [-0.3, -0.25) is 9.59 Å². The molecular formula is C14H20N6O4. The number of carboxylic acid groups (broad SMARTS) is 2. The van der Waals surface area contributed by atoms with E-state index in [-0.39, 0.29) is 12.8 Å². The summed E-state index contributed by atoms with van der Waals surface area (Å²) in [5.74, 6) is -1.95. The minimum Gasteiger partial charge on any atom is -0.480 e. The predicted molar refractivity (Wildman–Crippen MR) is 83.4 cm³/mol. The number of aliphatic carboxylic acids is 2. The SMILES string of the molecule is O=C(O)[C@H](Cc1cnc[nH]1)NCCN[C@@H](Cc1cnc[nH]1)C(=O)O. The predicted octanol–water partition coefficient (Wildman–Crippen LogP) is -0.996. The molecule has 0 aromatic carbocycles. The van der Waals surface area contributed by atoms with Crippen molar-refractivity contribution in [1.29, 1.82) is 0 Å². The fourth-order valence-corrected chi connectivity index (χ4v) is 2.22. The number of nitrogens with one attached hydrogen (secondary N) is 4. The van der Waals surface area contributed by atoms with Gasteiger partial charge in [0.2, 0.25) is 0 Å². The lowest BCUT2D eigenvalue weighted by molar-refractivity contribution is -0.140. The van der Waals surface area contributed by atoms with E-state index in [4.69, 9.17) is 0 Å². The molecule has 0 saturated heterocycles. The van der Waals surface area contributed by atoms with E-state index in [9.17, 15) is 19.8 Å². The average molecular weight is 336 g/mol. The highest BCUT2D eigenvalue weighted by molar-refractivity contribution is 5.74. The van der Waals surface area contributed by atoms with Gasteiger partial charge in [0.25, 0.3) is 0 Å². The Bertz CT molecular complexity index is 572. The van der Waals surface area contributed by atoms with Crippen LogP contribution in [0.5, 0.6) is 0 Å². The zero-order valence-electron chi connectivity index (χ0n) is 12.9. The smallest absolute Gasteiger partial charge is 0.321 e. The first-order valence-corrected chi connectivity index (χ1v) is 7.43. The van der Waals surface area contributed by atoms with Crippen LogP contribution in [0.1, 0.15) is 11.4 Å². The number of nitrogens with zero attached hydrogens (tertiary/aromatic N) is 2. The monoisotopic (exact) mass is 336 g/mol. The maximum absolute atomic E-state index is 11.3. The molecule has 2 rings (SSSR count). The van der Waals surface area contributed by atoms with E-state index in [1.54, 1.807) is 12.4 Å². The van der Waals surface area contributed by atoms with E-state index >= 15 is 0 Å². The summed E-state index contributed by atoms with van der Waals surface area (Å²) in [6.07, 6.45) is 6.66. The Hall–Kier alpha value is -2.72. The van der Waals surface area contributed by atoms with Gasteiger partial charge in [-0.1, -0.05) is 0 Å². The summed E-state index contributed by atoms with van der Waals surface area (Å²) in [5.41, 5.74) is 1.43. The molecule has 0 unspecified atom stereocenters. The first-order valence-electron chi connectivity index (χ1n) is 7.43. The van der Waals surface area contributed by atoms with Crippen LogP contribution >= 0.6 is 0 Å². The highest BCUT2D eigenvalue weighted by Crippen LogP contribution is 2.00. The molecule has 0 aliphatic rings. The number of hydrogen-bond acceptors (Lipinski definition) is 6. The van der Waals surface area contributed by atoms with E-state index in [0.29, 0.717) is 24.5 Å². The normalized spacial score (nSPS) is 13.5. The van der Waals surface area contributed by atoms with Crippen LogP contribution in [0.2, 0.25) is 0 Å². The molecular weight excluding hydrogens is 316 g/mol. The second-order valence-corrected chi connectivity index (χ2v) is 5.25. The van der Waals surface area contributed by atoms with Crippen molar-refractivity contribution in [2.24, 2.45) is 0 Å². The van der Waals surface area contributed by atoms with E-state index < -0.39 is 24.0 Å². The van der Waals surface area contributed by atoms with Gasteiger partial charge >= 0.3 is 11.9 Å². The van der Waals surface area contributed by atoms with E-state index in [2.05, 4.69) is 30.6 Å². The van der Waals surface area contributed by atoms with Gasteiger partial charge in [-0.15, -0.1) is 0 Å². The number of rotatable bonds is 11. The lowest BCUT2D eigenvalue weighted by Crippen LogP contribution is -2.45. The van der Waals surface area contributed by atoms with Crippen molar-refractivity contribution in [2.75, 3.05) is 13.1 Å². The summed E-state index contributed by atoms with van der Waals surface area (Å²) in [6, 6.07) is -1.55. The number of aromatic nitrogens is 4. The van der Waals surface area contributed by atoms with Crippen molar-refractivity contribution >= 4 is 11.9 Å². The molecule has 2 aromatic heterocycles. The standard InChI is InChI=1S/C14H20N6O4/c21-13(22)11(3-9-5-15-7-19-9)17-1-2-18-12(14(23)24)4-10-6-16-8-20-10/h5-8,11-12,17-18H,1-4H2,(H,15,19)(H,16,20)(H,21,22)(H,23,24)/t11-,12-/m0/s1. The number of imidazole rings is 2. The zero-order valence-corrected chi connectivity index (χ0v) is 12.9. The third-order valence-corrected chi connectivity index (χ3v) is 3.46. The Balaban J connectivity index is 1.76. The van der Waals surface area contributed by atoms with Crippen LogP contribution in [0, 0.1) is 0 Å². The average Bonchev–Trinajstić information content (AvgIpc) is 3.22. The van der Waals surface area contributed by atoms with Gasteiger partial charge < -0.3 is 30.8 Å². The van der Waals surface area contributed by atoms with Crippen LogP contribution in [0.3, 0.4) is 0 Å². The van der Waals surface area contributed by atoms with Crippen LogP contribution in [0.25, 0.3) is 0 Å². The molecule has 10 heteroatoms. The number of carbonyl (C=O) groups is 2. The summed E-state index contributed by atoms with van der Waals surface area (Å²) in [6.45, 7) is 0.635. The zero-order chi connectivity index (χ0) is 17.4. The van der Waals surface area contributed by atoms with E-state index in [1.165, 1.54) is 12.7 Å². The molecule has 0 saturated carbocycles. The molecule has 2 heterocycles. The number of carboxylic acids is 2. The topological polar surface area (TPSA) is 156 Å². The fraction of sp³-hybridized carbons (Fsp3) is 0.429. The Morgan fingerprint density at radius 2 is 1.33 bits per heavy atom. The molecule has 0 spiro atoms. The lowest BCUT2D eigenvalue weighted by Gasteiger charge is -2.16. The van der Waals surface area contributed by atoms with Crippen molar-refractivity contribution in [3.8, 4) is 0 Å². The van der Waals surface area contributed by atoms with Crippen LogP contribution in [0.4, 0.5) is 0 Å². The Kier molecular flexibility index (Phi) is 6.46. The van der Waals surface area contributed by atoms with Gasteiger partial charge in [-0.25, -0.2) is 9.97 Å². The second kappa shape index (κ2) is 8.79. The molecule has 0 bridgehead atoms. The van der Waals surface area contributed by atoms with Crippen molar-refractivity contribution in [1.82, 2.24) is 30.6 Å². The van der Waals surface area contributed by atoms with E-state index in [0.717, 1.165) is 0 Å². The first-order chi connectivity index (χ1) is 11.6. The number of aromatic amines is 2. The minimum atomic E-state index is -0.975. The molecule has 0 aliphatic carbocycles. The molecule has 6 N–H and O–H groups in total. The summed E-state index contributed by atoms with van der Waals surface area (Å²) < 4.78 is 0. The van der Waals surface area contributed by atoms with Gasteiger partial charge in [0.1, 0.15) is 12.1 Å². The molecule has 0 fully saturated rings. The lowest BCUT2D eigenvalue weighted by atomic mass is 10.1. The summed E-state index contributed by atoms with van der Waals surface area (Å²) in [7, 11) is 0. The second-order valence-electron chi connectivity index (χ2n) is 5.25. The van der Waals surface area contributed by atoms with Gasteiger partial charge in [0.05, 0.1) is 12.7 Å².